The van der Waals surface area contributed by atoms with E-state index in [1.54, 1.807) is 0 Å². The molecule has 0 N–H and O–H groups in total. The Morgan fingerprint density at radius 3 is 2.09 bits per heavy atom. The summed E-state index contributed by atoms with van der Waals surface area (Å²) < 4.78 is -0.134. The first-order valence-corrected chi connectivity index (χ1v) is 4.19. The van der Waals surface area contributed by atoms with Gasteiger partial charge in [-0.1, -0.05) is 36.9 Å². The Kier molecular flexibility index (Phi) is 2.28. The van der Waals surface area contributed by atoms with Crippen molar-refractivity contribution in [1.29, 1.82) is 0 Å². The van der Waals surface area contributed by atoms with Gasteiger partial charge in [-0.05, 0) is 31.9 Å². The molecule has 0 fully saturated rings. The minimum absolute atomic E-state index is 0.134. The molecule has 1 radical (unpaired) electrons. The van der Waals surface area contributed by atoms with E-state index in [1.807, 2.05) is 12.1 Å². The quantitative estimate of drug-likeness (QED) is 0.598. The Bertz CT molecular complexity index is 245. The molecule has 1 heteroatoms. The summed E-state index contributed by atoms with van der Waals surface area (Å²) in [4.78, 5) is 0. The third-order valence-corrected chi connectivity index (χ3v) is 2.01. The zero-order valence-electron chi connectivity index (χ0n) is 7.22. The lowest BCUT2D eigenvalue weighted by Crippen LogP contribution is -2.09. The van der Waals surface area contributed by atoms with Gasteiger partial charge in [0.05, 0.1) is 0 Å². The van der Waals surface area contributed by atoms with Crippen LogP contribution in [0.15, 0.2) is 24.3 Å². The lowest BCUT2D eigenvalue weighted by Gasteiger charge is -2.18. The normalized spacial score (nSPS) is 11.6. The zero-order valence-corrected chi connectivity index (χ0v) is 8.03. The molecule has 11 heavy (non-hydrogen) atoms. The van der Waals surface area contributed by atoms with Gasteiger partial charge in [0, 0.05) is 4.75 Å². The molecule has 0 atom stereocenters. The smallest absolute Gasteiger partial charge is 0.0458 e. The number of aryl methyl sites for hydroxylation is 1. The van der Waals surface area contributed by atoms with E-state index in [9.17, 15) is 0 Å². The summed E-state index contributed by atoms with van der Waals surface area (Å²) >= 11 is 5.34. The van der Waals surface area contributed by atoms with Crippen molar-refractivity contribution >= 4 is 12.6 Å². The molecule has 1 rings (SSSR count). The maximum atomic E-state index is 5.34. The predicted octanol–water partition coefficient (Wildman–Crippen LogP) is 3.43. The summed E-state index contributed by atoms with van der Waals surface area (Å²) in [5.74, 6) is 0. The summed E-state index contributed by atoms with van der Waals surface area (Å²) in [6, 6.07) is 8.28. The summed E-state index contributed by atoms with van der Waals surface area (Å²) in [5.41, 5.74) is 2.54. The molecule has 0 aliphatic heterocycles. The minimum atomic E-state index is -0.134. The highest BCUT2D eigenvalue weighted by atomic mass is 32.1. The fourth-order valence-corrected chi connectivity index (χ4v) is 1.48. The second-order valence-electron chi connectivity index (χ2n) is 3.33. The molecule has 0 saturated heterocycles. The van der Waals surface area contributed by atoms with Crippen molar-refractivity contribution in [1.82, 2.24) is 0 Å². The molecule has 0 spiro atoms. The lowest BCUT2D eigenvalue weighted by atomic mass is 9.97. The van der Waals surface area contributed by atoms with Crippen LogP contribution in [0.1, 0.15) is 25.0 Å². The molecular weight excluding hydrogens is 152 g/mol. The average molecular weight is 165 g/mol. The Morgan fingerprint density at radius 1 is 1.18 bits per heavy atom. The third kappa shape index (κ3) is 2.00. The maximum Gasteiger partial charge on any atom is 0.0458 e. The highest BCUT2D eigenvalue weighted by Gasteiger charge is 2.16. The molecule has 59 valence electrons. The van der Waals surface area contributed by atoms with Crippen LogP contribution in [0.4, 0.5) is 0 Å². The van der Waals surface area contributed by atoms with E-state index in [0.717, 1.165) is 0 Å². The van der Waals surface area contributed by atoms with Crippen molar-refractivity contribution in [3.63, 3.8) is 0 Å². The van der Waals surface area contributed by atoms with Crippen molar-refractivity contribution in [3.8, 4) is 0 Å². The van der Waals surface area contributed by atoms with Gasteiger partial charge < -0.3 is 0 Å². The largest absolute Gasteiger partial charge is 0.0821 e. The number of hydrogen-bond donors (Lipinski definition) is 0. The van der Waals surface area contributed by atoms with Crippen LogP contribution in [-0.2, 0) is 4.75 Å². The second kappa shape index (κ2) is 2.90. The molecular formula is C10H13S. The van der Waals surface area contributed by atoms with Crippen LogP contribution in [-0.4, -0.2) is 0 Å². The van der Waals surface area contributed by atoms with Crippen LogP contribution in [0.2, 0.25) is 0 Å². The van der Waals surface area contributed by atoms with Gasteiger partial charge >= 0.3 is 0 Å². The molecule has 0 aromatic heterocycles. The molecule has 0 nitrogen and oxygen atoms in total. The van der Waals surface area contributed by atoms with Gasteiger partial charge in [0.2, 0.25) is 0 Å². The van der Waals surface area contributed by atoms with Crippen LogP contribution < -0.4 is 0 Å². The van der Waals surface area contributed by atoms with Crippen LogP contribution >= 0.6 is 12.6 Å². The van der Waals surface area contributed by atoms with Gasteiger partial charge in [-0.3, -0.25) is 0 Å². The predicted molar refractivity (Wildman–Crippen MR) is 51.8 cm³/mol. The van der Waals surface area contributed by atoms with Crippen molar-refractivity contribution < 1.29 is 0 Å². The molecule has 0 amide bonds. The van der Waals surface area contributed by atoms with E-state index < -0.39 is 0 Å². The van der Waals surface area contributed by atoms with Crippen molar-refractivity contribution in [2.45, 2.75) is 25.5 Å². The van der Waals surface area contributed by atoms with Gasteiger partial charge in [-0.25, -0.2) is 0 Å². The number of rotatable bonds is 1. The second-order valence-corrected chi connectivity index (χ2v) is 4.35. The maximum absolute atomic E-state index is 5.34. The van der Waals surface area contributed by atoms with Crippen LogP contribution in [0.3, 0.4) is 0 Å². The summed E-state index contributed by atoms with van der Waals surface area (Å²) in [6.45, 7) is 6.22. The Balaban J connectivity index is 3.14. The van der Waals surface area contributed by atoms with E-state index in [0.29, 0.717) is 0 Å². The number of hydrogen-bond acceptors (Lipinski definition) is 0. The molecule has 0 bridgehead atoms. The summed E-state index contributed by atoms with van der Waals surface area (Å²) in [5, 5.41) is 0. The molecule has 1 aromatic rings. The SMILES string of the molecule is Cc1ccccc1C(C)(C)[S]. The first-order chi connectivity index (χ1) is 5.02. The summed E-state index contributed by atoms with van der Waals surface area (Å²) in [6.07, 6.45) is 0. The van der Waals surface area contributed by atoms with E-state index in [2.05, 4.69) is 32.9 Å². The van der Waals surface area contributed by atoms with Crippen LogP contribution in [0, 0.1) is 6.92 Å². The highest BCUT2D eigenvalue weighted by Crippen LogP contribution is 2.28. The van der Waals surface area contributed by atoms with E-state index in [-0.39, 0.29) is 4.75 Å². The van der Waals surface area contributed by atoms with Crippen LogP contribution in [0.5, 0.6) is 0 Å². The first kappa shape index (κ1) is 8.66. The molecule has 0 unspecified atom stereocenters. The zero-order chi connectivity index (χ0) is 8.48. The van der Waals surface area contributed by atoms with Crippen molar-refractivity contribution in [2.24, 2.45) is 0 Å². The molecule has 0 aliphatic rings. The van der Waals surface area contributed by atoms with Crippen LogP contribution in [0.25, 0.3) is 0 Å². The first-order valence-electron chi connectivity index (χ1n) is 3.78. The average Bonchev–Trinajstić information content (AvgIpc) is 1.86. The van der Waals surface area contributed by atoms with Gasteiger partial charge in [0.15, 0.2) is 0 Å². The molecule has 0 heterocycles. The number of benzene rings is 1. The monoisotopic (exact) mass is 165 g/mol. The van der Waals surface area contributed by atoms with Crippen molar-refractivity contribution in [3.05, 3.63) is 35.4 Å². The summed E-state index contributed by atoms with van der Waals surface area (Å²) in [7, 11) is 0. The third-order valence-electron chi connectivity index (χ3n) is 1.79. The Hall–Kier alpha value is -0.430. The topological polar surface area (TPSA) is 0 Å². The molecule has 0 aliphatic carbocycles. The lowest BCUT2D eigenvalue weighted by molar-refractivity contribution is 0.783. The molecule has 0 saturated carbocycles. The van der Waals surface area contributed by atoms with Gasteiger partial charge in [-0.2, -0.15) is 0 Å². The molecule has 1 aromatic carbocycles. The van der Waals surface area contributed by atoms with Gasteiger partial charge in [0.25, 0.3) is 0 Å². The Morgan fingerprint density at radius 2 is 1.73 bits per heavy atom. The van der Waals surface area contributed by atoms with E-state index in [4.69, 9.17) is 12.6 Å². The minimum Gasteiger partial charge on any atom is -0.0821 e. The van der Waals surface area contributed by atoms with Crippen molar-refractivity contribution in [2.75, 3.05) is 0 Å². The standard InChI is InChI=1S/C10H13S/c1-8-6-4-5-7-9(8)10(2,3)11/h4-7H,1-3H3. The fourth-order valence-electron chi connectivity index (χ4n) is 1.25. The van der Waals surface area contributed by atoms with E-state index >= 15 is 0 Å². The van der Waals surface area contributed by atoms with E-state index in [1.165, 1.54) is 11.1 Å². The van der Waals surface area contributed by atoms with Gasteiger partial charge in [0.1, 0.15) is 0 Å². The Labute approximate surface area is 74.0 Å². The van der Waals surface area contributed by atoms with Gasteiger partial charge in [-0.15, -0.1) is 0 Å². The fraction of sp³-hybridized carbons (Fsp3) is 0.400. The highest BCUT2D eigenvalue weighted by molar-refractivity contribution is 7.81.